The molecule has 1 amide bonds. The van der Waals surface area contributed by atoms with Crippen molar-refractivity contribution in [3.8, 4) is 11.3 Å². The first kappa shape index (κ1) is 19.4. The van der Waals surface area contributed by atoms with Crippen LogP contribution < -0.4 is 10.9 Å². The number of hydrogen-bond donors (Lipinski definition) is 3. The minimum atomic E-state index is -1.24. The Bertz CT molecular complexity index is 1120. The number of nitrogens with one attached hydrogen (secondary N) is 2. The zero-order valence-electron chi connectivity index (χ0n) is 16.1. The number of aryl methyl sites for hydroxylation is 2. The molecule has 0 aliphatic heterocycles. The van der Waals surface area contributed by atoms with Crippen molar-refractivity contribution in [2.24, 2.45) is 7.05 Å². The summed E-state index contributed by atoms with van der Waals surface area (Å²) in [5.41, 5.74) is 3.32. The maximum absolute atomic E-state index is 12.1. The van der Waals surface area contributed by atoms with E-state index < -0.39 is 11.5 Å². The normalized spacial score (nSPS) is 11.0. The van der Waals surface area contributed by atoms with Crippen LogP contribution in [-0.4, -0.2) is 26.5 Å². The van der Waals surface area contributed by atoms with Gasteiger partial charge in [0.2, 0.25) is 5.91 Å². The van der Waals surface area contributed by atoms with E-state index >= 15 is 0 Å². The number of rotatable bonds is 6. The maximum atomic E-state index is 12.1. The van der Waals surface area contributed by atoms with Gasteiger partial charge in [-0.15, -0.1) is 0 Å². The van der Waals surface area contributed by atoms with Crippen molar-refractivity contribution in [3.63, 3.8) is 0 Å². The number of aromatic carboxylic acids is 1. The fourth-order valence-electron chi connectivity index (χ4n) is 3.31. The molecule has 0 spiro atoms. The number of carbonyl (C=O) groups excluding carboxylic acids is 1. The molecule has 3 N–H and O–H groups in total. The standard InChI is InChI=1S/C21H23N3O4/c1-4-12-10-16(21(27)28)20(26)23-19(12)13-6-7-17-14(8-13)9-15(24(17)3)11-22-18(25)5-2/h6-10H,4-5,11H2,1-3H3,(H,22,25)(H,23,26)(H,27,28). The number of aromatic nitrogens is 2. The summed E-state index contributed by atoms with van der Waals surface area (Å²) in [6, 6.07) is 9.27. The molecule has 146 valence electrons. The van der Waals surface area contributed by atoms with E-state index in [0.717, 1.165) is 27.7 Å². The molecular formula is C21H23N3O4. The Kier molecular flexibility index (Phi) is 5.35. The molecule has 2 aromatic heterocycles. The highest BCUT2D eigenvalue weighted by molar-refractivity contribution is 5.89. The van der Waals surface area contributed by atoms with E-state index in [9.17, 15) is 19.5 Å². The van der Waals surface area contributed by atoms with E-state index in [-0.39, 0.29) is 11.5 Å². The van der Waals surface area contributed by atoms with Crippen LogP contribution in [0.25, 0.3) is 22.2 Å². The first-order valence-corrected chi connectivity index (χ1v) is 9.20. The fraction of sp³-hybridized carbons (Fsp3) is 0.286. The van der Waals surface area contributed by atoms with Gasteiger partial charge in [0.15, 0.2) is 0 Å². The lowest BCUT2D eigenvalue weighted by atomic mass is 10.0. The fourth-order valence-corrected chi connectivity index (χ4v) is 3.31. The number of aromatic amines is 1. The molecule has 0 atom stereocenters. The third kappa shape index (κ3) is 3.55. The zero-order chi connectivity index (χ0) is 20.4. The van der Waals surface area contributed by atoms with Crippen molar-refractivity contribution in [1.29, 1.82) is 0 Å². The molecule has 0 saturated carbocycles. The average molecular weight is 381 g/mol. The number of benzene rings is 1. The summed E-state index contributed by atoms with van der Waals surface area (Å²) in [4.78, 5) is 37.6. The number of H-pyrrole nitrogens is 1. The van der Waals surface area contributed by atoms with Crippen LogP contribution in [0.5, 0.6) is 0 Å². The Morgan fingerprint density at radius 3 is 2.57 bits per heavy atom. The molecule has 0 unspecified atom stereocenters. The first-order valence-electron chi connectivity index (χ1n) is 9.20. The van der Waals surface area contributed by atoms with Crippen LogP contribution in [-0.2, 0) is 24.8 Å². The summed E-state index contributed by atoms with van der Waals surface area (Å²) in [5, 5.41) is 13.0. The number of hydrogen-bond acceptors (Lipinski definition) is 3. The van der Waals surface area contributed by atoms with Gasteiger partial charge < -0.3 is 20.0 Å². The van der Waals surface area contributed by atoms with Gasteiger partial charge in [-0.2, -0.15) is 0 Å². The van der Waals surface area contributed by atoms with Crippen molar-refractivity contribution >= 4 is 22.8 Å². The topological polar surface area (TPSA) is 104 Å². The lowest BCUT2D eigenvalue weighted by Gasteiger charge is -2.10. The van der Waals surface area contributed by atoms with Gasteiger partial charge in [0.25, 0.3) is 5.56 Å². The number of carbonyl (C=O) groups is 2. The lowest BCUT2D eigenvalue weighted by Crippen LogP contribution is -2.22. The van der Waals surface area contributed by atoms with Crippen LogP contribution in [0.2, 0.25) is 0 Å². The molecule has 3 rings (SSSR count). The largest absolute Gasteiger partial charge is 0.477 e. The number of pyridine rings is 1. The van der Waals surface area contributed by atoms with Crippen LogP contribution in [0, 0.1) is 0 Å². The smallest absolute Gasteiger partial charge is 0.341 e. The quantitative estimate of drug-likeness (QED) is 0.611. The minimum absolute atomic E-state index is 0.00497. The molecule has 2 heterocycles. The third-order valence-corrected chi connectivity index (χ3v) is 4.95. The third-order valence-electron chi connectivity index (χ3n) is 4.95. The van der Waals surface area contributed by atoms with Crippen LogP contribution >= 0.6 is 0 Å². The van der Waals surface area contributed by atoms with Gasteiger partial charge in [-0.25, -0.2) is 4.79 Å². The Morgan fingerprint density at radius 1 is 1.18 bits per heavy atom. The summed E-state index contributed by atoms with van der Waals surface area (Å²) >= 11 is 0. The number of amides is 1. The van der Waals surface area contributed by atoms with Gasteiger partial charge in [0, 0.05) is 30.1 Å². The van der Waals surface area contributed by atoms with Crippen molar-refractivity contribution < 1.29 is 14.7 Å². The molecule has 0 fully saturated rings. The van der Waals surface area contributed by atoms with E-state index in [1.54, 1.807) is 0 Å². The van der Waals surface area contributed by atoms with Gasteiger partial charge in [-0.1, -0.05) is 19.9 Å². The second-order valence-electron chi connectivity index (χ2n) is 6.67. The summed E-state index contributed by atoms with van der Waals surface area (Å²) < 4.78 is 2.02. The predicted molar refractivity (Wildman–Crippen MR) is 107 cm³/mol. The van der Waals surface area contributed by atoms with E-state index in [0.29, 0.717) is 25.1 Å². The second-order valence-corrected chi connectivity index (χ2v) is 6.67. The summed E-state index contributed by atoms with van der Waals surface area (Å²) in [7, 11) is 1.94. The van der Waals surface area contributed by atoms with E-state index in [1.807, 2.05) is 49.7 Å². The molecule has 28 heavy (non-hydrogen) atoms. The van der Waals surface area contributed by atoms with Crippen molar-refractivity contribution in [1.82, 2.24) is 14.9 Å². The molecule has 7 nitrogen and oxygen atoms in total. The number of carboxylic acid groups (broad SMARTS) is 1. The van der Waals surface area contributed by atoms with Gasteiger partial charge >= 0.3 is 5.97 Å². The maximum Gasteiger partial charge on any atom is 0.341 e. The Morgan fingerprint density at radius 2 is 1.93 bits per heavy atom. The highest BCUT2D eigenvalue weighted by Gasteiger charge is 2.15. The summed E-state index contributed by atoms with van der Waals surface area (Å²) in [6.45, 7) is 4.17. The van der Waals surface area contributed by atoms with E-state index in [4.69, 9.17) is 0 Å². The Labute approximate surface area is 162 Å². The SMILES string of the molecule is CCC(=O)NCc1cc2cc(-c3[nH]c(=O)c(C(=O)O)cc3CC)ccc2n1C. The van der Waals surface area contributed by atoms with Crippen molar-refractivity contribution in [2.45, 2.75) is 33.2 Å². The molecule has 0 bridgehead atoms. The Balaban J connectivity index is 2.05. The number of fused-ring (bicyclic) bond motifs is 1. The molecule has 7 heteroatoms. The molecule has 0 saturated heterocycles. The van der Waals surface area contributed by atoms with Crippen molar-refractivity contribution in [3.05, 3.63) is 57.5 Å². The Hall–Kier alpha value is -3.35. The summed E-state index contributed by atoms with van der Waals surface area (Å²) in [6.07, 6.45) is 1.03. The molecule has 0 aliphatic carbocycles. The van der Waals surface area contributed by atoms with E-state index in [2.05, 4.69) is 10.3 Å². The minimum Gasteiger partial charge on any atom is -0.477 e. The molecule has 3 aromatic rings. The molecule has 0 radical (unpaired) electrons. The summed E-state index contributed by atoms with van der Waals surface area (Å²) in [5.74, 6) is -1.24. The second kappa shape index (κ2) is 7.72. The molecule has 0 aliphatic rings. The van der Waals surface area contributed by atoms with Crippen LogP contribution in [0.1, 0.15) is 41.9 Å². The number of nitrogens with zero attached hydrogens (tertiary/aromatic N) is 1. The predicted octanol–water partition coefficient (Wildman–Crippen LogP) is 2.82. The van der Waals surface area contributed by atoms with Crippen LogP contribution in [0.4, 0.5) is 0 Å². The lowest BCUT2D eigenvalue weighted by molar-refractivity contribution is -0.120. The van der Waals surface area contributed by atoms with Crippen molar-refractivity contribution in [2.75, 3.05) is 0 Å². The zero-order valence-corrected chi connectivity index (χ0v) is 16.1. The van der Waals surface area contributed by atoms with E-state index in [1.165, 1.54) is 6.07 Å². The molecule has 1 aromatic carbocycles. The number of carboxylic acids is 1. The van der Waals surface area contributed by atoms with Gasteiger partial charge in [-0.05, 0) is 41.8 Å². The average Bonchev–Trinajstić information content (AvgIpc) is 3.00. The van der Waals surface area contributed by atoms with Gasteiger partial charge in [0.05, 0.1) is 12.2 Å². The van der Waals surface area contributed by atoms with Crippen LogP contribution in [0.15, 0.2) is 35.1 Å². The van der Waals surface area contributed by atoms with Crippen LogP contribution in [0.3, 0.4) is 0 Å². The highest BCUT2D eigenvalue weighted by atomic mass is 16.4. The monoisotopic (exact) mass is 381 g/mol. The molecular weight excluding hydrogens is 358 g/mol. The first-order chi connectivity index (χ1) is 13.3. The highest BCUT2D eigenvalue weighted by Crippen LogP contribution is 2.27. The van der Waals surface area contributed by atoms with Gasteiger partial charge in [-0.3, -0.25) is 9.59 Å². The van der Waals surface area contributed by atoms with Gasteiger partial charge in [0.1, 0.15) is 5.56 Å².